The number of nitrogens with zero attached hydrogens (tertiary/aromatic N) is 2. The van der Waals surface area contributed by atoms with E-state index >= 15 is 0 Å². The van der Waals surface area contributed by atoms with E-state index in [9.17, 15) is 4.79 Å². The topological polar surface area (TPSA) is 60.8 Å². The summed E-state index contributed by atoms with van der Waals surface area (Å²) in [4.78, 5) is 21.6. The number of thiazole rings is 1. The van der Waals surface area contributed by atoms with Gasteiger partial charge in [-0.3, -0.25) is 4.79 Å². The number of aromatic nitrogens is 1. The van der Waals surface area contributed by atoms with E-state index in [1.807, 2.05) is 36.4 Å². The molecule has 7 heteroatoms. The molecule has 0 N–H and O–H groups in total. The largest absolute Gasteiger partial charge is 0.497 e. The van der Waals surface area contributed by atoms with E-state index in [1.54, 1.807) is 25.5 Å². The Morgan fingerprint density at radius 3 is 2.48 bits per heavy atom. The highest BCUT2D eigenvalue weighted by atomic mass is 35.5. The highest BCUT2D eigenvalue weighted by Gasteiger charge is 2.16. The maximum absolute atomic E-state index is 11.8. The lowest BCUT2D eigenvalue weighted by Gasteiger charge is -2.01. The van der Waals surface area contributed by atoms with Crippen molar-refractivity contribution in [3.63, 3.8) is 0 Å². The van der Waals surface area contributed by atoms with Crippen LogP contribution >= 0.6 is 22.9 Å². The van der Waals surface area contributed by atoms with Crippen molar-refractivity contribution in [2.24, 2.45) is 4.99 Å². The molecule has 0 saturated carbocycles. The van der Waals surface area contributed by atoms with E-state index in [4.69, 9.17) is 21.1 Å². The fourth-order valence-electron chi connectivity index (χ4n) is 2.37. The minimum absolute atomic E-state index is 0.143. The summed E-state index contributed by atoms with van der Waals surface area (Å²) in [7, 11) is 2.99. The van der Waals surface area contributed by atoms with Crippen LogP contribution in [0.4, 0.5) is 5.13 Å². The lowest BCUT2D eigenvalue weighted by atomic mass is 10.1. The van der Waals surface area contributed by atoms with Crippen molar-refractivity contribution in [1.82, 2.24) is 4.98 Å². The summed E-state index contributed by atoms with van der Waals surface area (Å²) in [5, 5.41) is 1.20. The number of hydrogen-bond acceptors (Lipinski definition) is 6. The monoisotopic (exact) mass is 400 g/mol. The molecule has 3 aromatic rings. The molecule has 0 radical (unpaired) electrons. The molecule has 0 amide bonds. The highest BCUT2D eigenvalue weighted by molar-refractivity contribution is 7.15. The SMILES string of the molecule is COC(=O)Cc1sc(/N=C/c2ccc(OC)cc2)nc1-c1ccc(Cl)cc1. The highest BCUT2D eigenvalue weighted by Crippen LogP contribution is 2.33. The van der Waals surface area contributed by atoms with Crippen LogP contribution in [0.2, 0.25) is 5.02 Å². The molecule has 3 rings (SSSR count). The van der Waals surface area contributed by atoms with Crippen LogP contribution in [-0.4, -0.2) is 31.4 Å². The van der Waals surface area contributed by atoms with Crippen molar-refractivity contribution in [2.45, 2.75) is 6.42 Å². The van der Waals surface area contributed by atoms with Crippen molar-refractivity contribution in [1.29, 1.82) is 0 Å². The van der Waals surface area contributed by atoms with Crippen molar-refractivity contribution in [3.05, 3.63) is 64.0 Å². The van der Waals surface area contributed by atoms with E-state index in [0.29, 0.717) is 15.8 Å². The molecule has 0 unspecified atom stereocenters. The van der Waals surface area contributed by atoms with Gasteiger partial charge in [-0.05, 0) is 42.0 Å². The van der Waals surface area contributed by atoms with Gasteiger partial charge in [0.15, 0.2) is 0 Å². The van der Waals surface area contributed by atoms with E-state index in [2.05, 4.69) is 9.98 Å². The van der Waals surface area contributed by atoms with Gasteiger partial charge in [-0.2, -0.15) is 0 Å². The molecule has 138 valence electrons. The Balaban J connectivity index is 1.90. The summed E-state index contributed by atoms with van der Waals surface area (Å²) in [5.41, 5.74) is 2.51. The Labute approximate surface area is 166 Å². The summed E-state index contributed by atoms with van der Waals surface area (Å²) in [5.74, 6) is 0.464. The van der Waals surface area contributed by atoms with Crippen molar-refractivity contribution < 1.29 is 14.3 Å². The Morgan fingerprint density at radius 2 is 1.85 bits per heavy atom. The zero-order valence-electron chi connectivity index (χ0n) is 14.8. The number of methoxy groups -OCH3 is 2. The summed E-state index contributed by atoms with van der Waals surface area (Å²) in [6.07, 6.45) is 1.87. The maximum atomic E-state index is 11.8. The molecule has 0 atom stereocenters. The molecule has 1 heterocycles. The van der Waals surface area contributed by atoms with Crippen LogP contribution in [0.25, 0.3) is 11.3 Å². The van der Waals surface area contributed by atoms with Gasteiger partial charge < -0.3 is 9.47 Å². The standard InChI is InChI=1S/C20H17ClN2O3S/c1-25-16-9-3-13(4-10-16)12-22-20-23-19(14-5-7-15(21)8-6-14)17(27-20)11-18(24)26-2/h3-10,12H,11H2,1-2H3/b22-12+. The van der Waals surface area contributed by atoms with Crippen molar-refractivity contribution in [2.75, 3.05) is 14.2 Å². The maximum Gasteiger partial charge on any atom is 0.310 e. The van der Waals surface area contributed by atoms with E-state index in [0.717, 1.165) is 21.8 Å². The molecule has 0 bridgehead atoms. The van der Waals surface area contributed by atoms with E-state index < -0.39 is 0 Å². The second-order valence-electron chi connectivity index (χ2n) is 5.56. The molecule has 0 saturated heterocycles. The molecular weight excluding hydrogens is 384 g/mol. The average Bonchev–Trinajstić information content (AvgIpc) is 3.09. The Morgan fingerprint density at radius 1 is 1.15 bits per heavy atom. The van der Waals surface area contributed by atoms with Crippen molar-refractivity contribution in [3.8, 4) is 17.0 Å². The average molecular weight is 401 g/mol. The van der Waals surface area contributed by atoms with Gasteiger partial charge in [0, 0.05) is 21.7 Å². The van der Waals surface area contributed by atoms with Gasteiger partial charge in [-0.25, -0.2) is 9.98 Å². The van der Waals surface area contributed by atoms with E-state index in [1.165, 1.54) is 18.4 Å². The number of benzene rings is 2. The smallest absolute Gasteiger partial charge is 0.310 e. The summed E-state index contributed by atoms with van der Waals surface area (Å²) in [6, 6.07) is 14.9. The summed E-state index contributed by atoms with van der Waals surface area (Å²) < 4.78 is 9.94. The molecule has 0 fully saturated rings. The van der Waals surface area contributed by atoms with Crippen molar-refractivity contribution >= 4 is 40.3 Å². The predicted octanol–water partition coefficient (Wildman–Crippen LogP) is 4.94. The predicted molar refractivity (Wildman–Crippen MR) is 109 cm³/mol. The fourth-order valence-corrected chi connectivity index (χ4v) is 3.41. The Kier molecular flexibility index (Phi) is 6.21. The molecule has 0 aliphatic rings. The van der Waals surface area contributed by atoms with Gasteiger partial charge in [0.25, 0.3) is 0 Å². The molecule has 0 spiro atoms. The van der Waals surface area contributed by atoms with Crippen LogP contribution in [-0.2, 0) is 16.0 Å². The van der Waals surface area contributed by atoms with Gasteiger partial charge in [-0.1, -0.05) is 35.1 Å². The quantitative estimate of drug-likeness (QED) is 0.434. The van der Waals surface area contributed by atoms with Gasteiger partial charge in [0.05, 0.1) is 26.3 Å². The molecule has 5 nitrogen and oxygen atoms in total. The zero-order chi connectivity index (χ0) is 19.2. The molecule has 0 aliphatic heterocycles. The number of halogens is 1. The Bertz CT molecular complexity index is 950. The third kappa shape index (κ3) is 4.93. The molecule has 27 heavy (non-hydrogen) atoms. The lowest BCUT2D eigenvalue weighted by molar-refractivity contribution is -0.139. The van der Waals surface area contributed by atoms with Gasteiger partial charge in [0.1, 0.15) is 5.75 Å². The number of ether oxygens (including phenoxy) is 2. The summed E-state index contributed by atoms with van der Waals surface area (Å²) in [6.45, 7) is 0. The first-order chi connectivity index (χ1) is 13.1. The van der Waals surface area contributed by atoms with E-state index in [-0.39, 0.29) is 12.4 Å². The number of rotatable bonds is 6. The van der Waals surface area contributed by atoms with Crippen LogP contribution in [0.5, 0.6) is 5.75 Å². The van der Waals surface area contributed by atoms with Crippen LogP contribution in [0, 0.1) is 0 Å². The second kappa shape index (κ2) is 8.79. The number of hydrogen-bond donors (Lipinski definition) is 0. The number of carbonyl (C=O) groups excluding carboxylic acids is 1. The first-order valence-corrected chi connectivity index (χ1v) is 9.29. The number of carbonyl (C=O) groups is 1. The molecular formula is C20H17ClN2O3S. The second-order valence-corrected chi connectivity index (χ2v) is 7.06. The lowest BCUT2D eigenvalue weighted by Crippen LogP contribution is -2.03. The third-order valence-corrected chi connectivity index (χ3v) is 4.99. The fraction of sp³-hybridized carbons (Fsp3) is 0.150. The van der Waals surface area contributed by atoms with Crippen LogP contribution in [0.1, 0.15) is 10.4 Å². The van der Waals surface area contributed by atoms with Crippen LogP contribution < -0.4 is 4.74 Å². The number of esters is 1. The first kappa shape index (κ1) is 19.1. The minimum Gasteiger partial charge on any atom is -0.497 e. The first-order valence-electron chi connectivity index (χ1n) is 8.09. The van der Waals surface area contributed by atoms with Gasteiger partial charge in [-0.15, -0.1) is 0 Å². The van der Waals surface area contributed by atoms with Crippen LogP contribution in [0.3, 0.4) is 0 Å². The van der Waals surface area contributed by atoms with Crippen LogP contribution in [0.15, 0.2) is 53.5 Å². The third-order valence-electron chi connectivity index (χ3n) is 3.78. The van der Waals surface area contributed by atoms with Gasteiger partial charge >= 0.3 is 5.97 Å². The zero-order valence-corrected chi connectivity index (χ0v) is 16.4. The summed E-state index contributed by atoms with van der Waals surface area (Å²) >= 11 is 7.33. The van der Waals surface area contributed by atoms with Gasteiger partial charge in [0.2, 0.25) is 5.13 Å². The molecule has 1 aromatic heterocycles. The number of aliphatic imine (C=N–C) groups is 1. The normalized spacial score (nSPS) is 10.9. The Hall–Kier alpha value is -2.70. The molecule has 0 aliphatic carbocycles. The molecule has 2 aromatic carbocycles. The minimum atomic E-state index is -0.320.